The molecule has 0 spiro atoms. The van der Waals surface area contributed by atoms with Crippen molar-refractivity contribution in [2.45, 2.75) is 6.92 Å². The molecule has 0 atom stereocenters. The number of nitrogens with zero attached hydrogens (tertiary/aromatic N) is 4. The van der Waals surface area contributed by atoms with E-state index in [1.165, 1.54) is 6.33 Å². The van der Waals surface area contributed by atoms with Crippen LogP contribution in [0, 0.1) is 0 Å². The van der Waals surface area contributed by atoms with E-state index in [0.29, 0.717) is 28.3 Å². The largest absolute Gasteiger partial charge is 0.383 e. The maximum Gasteiger partial charge on any atom is 0.253 e. The minimum Gasteiger partial charge on any atom is -0.383 e. The maximum atomic E-state index is 12.3. The third-order valence-electron chi connectivity index (χ3n) is 5.63. The Morgan fingerprint density at radius 3 is 2.21 bits per heavy atom. The lowest BCUT2D eigenvalue weighted by Gasteiger charge is -2.12. The Bertz CT molecular complexity index is 1420. The number of nitrogens with two attached hydrogens (primary N) is 1. The molecule has 0 saturated carbocycles. The molecule has 0 unspecified atom stereocenters. The number of carbonyl (C=O) groups is 2. The van der Waals surface area contributed by atoms with E-state index in [4.69, 9.17) is 5.73 Å². The van der Waals surface area contributed by atoms with Crippen LogP contribution >= 0.6 is 0 Å². The molecule has 3 N–H and O–H groups in total. The molecule has 2 heterocycles. The molecule has 2 aromatic carbocycles. The van der Waals surface area contributed by atoms with E-state index in [0.717, 1.165) is 27.8 Å². The van der Waals surface area contributed by atoms with Gasteiger partial charge in [-0.15, -0.1) is 0 Å². The molecule has 0 bridgehead atoms. The Morgan fingerprint density at radius 1 is 1.00 bits per heavy atom. The van der Waals surface area contributed by atoms with Gasteiger partial charge in [0.05, 0.1) is 11.1 Å². The van der Waals surface area contributed by atoms with Gasteiger partial charge < -0.3 is 20.5 Å². The van der Waals surface area contributed by atoms with E-state index in [-0.39, 0.29) is 11.8 Å². The average Bonchev–Trinajstić information content (AvgIpc) is 3.12. The van der Waals surface area contributed by atoms with E-state index in [1.807, 2.05) is 48.0 Å². The Morgan fingerprint density at radius 2 is 1.62 bits per heavy atom. The van der Waals surface area contributed by atoms with Gasteiger partial charge in [-0.05, 0) is 42.3 Å². The quantitative estimate of drug-likeness (QED) is 0.442. The first-order valence-electron chi connectivity index (χ1n) is 10.7. The summed E-state index contributed by atoms with van der Waals surface area (Å²) < 4.78 is 1.98. The number of hydrogen-bond donors (Lipinski definition) is 2. The van der Waals surface area contributed by atoms with Crippen LogP contribution in [0.2, 0.25) is 0 Å². The van der Waals surface area contributed by atoms with Crippen LogP contribution in [0.15, 0.2) is 67.0 Å². The van der Waals surface area contributed by atoms with Gasteiger partial charge in [-0.2, -0.15) is 0 Å². The monoisotopic (exact) mass is 454 g/mol. The number of nitrogen functional groups attached to an aromatic ring is 1. The van der Waals surface area contributed by atoms with Crippen LogP contribution in [0.1, 0.15) is 17.3 Å². The molecule has 4 rings (SSSR count). The molecule has 0 radical (unpaired) electrons. The second-order valence-electron chi connectivity index (χ2n) is 8.33. The van der Waals surface area contributed by atoms with Crippen molar-refractivity contribution in [1.82, 2.24) is 19.4 Å². The van der Waals surface area contributed by atoms with E-state index in [1.54, 1.807) is 38.1 Å². The zero-order chi connectivity index (χ0) is 24.6. The number of amides is 2. The van der Waals surface area contributed by atoms with Gasteiger partial charge in [0, 0.05) is 43.5 Å². The summed E-state index contributed by atoms with van der Waals surface area (Å²) >= 11 is 0. The van der Waals surface area contributed by atoms with Gasteiger partial charge in [0.1, 0.15) is 17.8 Å². The van der Waals surface area contributed by atoms with Crippen molar-refractivity contribution < 1.29 is 9.59 Å². The minimum absolute atomic E-state index is 0.0695. The smallest absolute Gasteiger partial charge is 0.253 e. The Balaban J connectivity index is 1.87. The van der Waals surface area contributed by atoms with Crippen LogP contribution in [0.3, 0.4) is 0 Å². The lowest BCUT2D eigenvalue weighted by Crippen LogP contribution is -2.21. The molecular formula is C26H26N6O2. The molecule has 8 nitrogen and oxygen atoms in total. The highest BCUT2D eigenvalue weighted by Crippen LogP contribution is 2.41. The summed E-state index contributed by atoms with van der Waals surface area (Å²) in [6, 6.07) is 15.0. The fourth-order valence-corrected chi connectivity index (χ4v) is 3.88. The number of carbonyl (C=O) groups excluding carboxylic acids is 2. The molecule has 0 aliphatic carbocycles. The Labute approximate surface area is 197 Å². The molecule has 2 aromatic heterocycles. The van der Waals surface area contributed by atoms with Crippen molar-refractivity contribution in [3.8, 4) is 22.4 Å². The van der Waals surface area contributed by atoms with Crippen molar-refractivity contribution in [3.63, 3.8) is 0 Å². The molecule has 0 aliphatic rings. The summed E-state index contributed by atoms with van der Waals surface area (Å²) in [6.45, 7) is 5.33. The first-order valence-corrected chi connectivity index (χ1v) is 10.7. The fourth-order valence-electron chi connectivity index (χ4n) is 3.88. The van der Waals surface area contributed by atoms with Crippen LogP contribution in [0.5, 0.6) is 0 Å². The number of nitrogens with one attached hydrogen (secondary N) is 1. The van der Waals surface area contributed by atoms with Crippen molar-refractivity contribution in [2.24, 2.45) is 7.05 Å². The zero-order valence-electron chi connectivity index (χ0n) is 19.6. The number of rotatable bonds is 5. The summed E-state index contributed by atoms with van der Waals surface area (Å²) in [5, 5.41) is 3.56. The second kappa shape index (κ2) is 8.82. The van der Waals surface area contributed by atoms with E-state index < -0.39 is 0 Å². The average molecular weight is 455 g/mol. The highest BCUT2D eigenvalue weighted by atomic mass is 16.2. The SMILES string of the molecule is C=C(C)C(=O)Nc1ccc(-c2c(-c3ccc(C(=O)N(C)C)cc3)c3c(N)ncnc3n2C)cc1. The number of hydrogen-bond acceptors (Lipinski definition) is 5. The molecule has 0 fully saturated rings. The summed E-state index contributed by atoms with van der Waals surface area (Å²) in [5.74, 6) is 0.0778. The van der Waals surface area contributed by atoms with Crippen LogP contribution in [0.25, 0.3) is 33.4 Å². The third kappa shape index (κ3) is 4.01. The fraction of sp³-hybridized carbons (Fsp3) is 0.154. The first-order chi connectivity index (χ1) is 16.2. The number of aromatic nitrogens is 3. The lowest BCUT2D eigenvalue weighted by molar-refractivity contribution is -0.112. The van der Waals surface area contributed by atoms with Crippen LogP contribution in [0.4, 0.5) is 11.5 Å². The summed E-state index contributed by atoms with van der Waals surface area (Å²) in [7, 11) is 5.37. The highest BCUT2D eigenvalue weighted by Gasteiger charge is 2.22. The van der Waals surface area contributed by atoms with Crippen LogP contribution in [-0.4, -0.2) is 45.3 Å². The molecule has 34 heavy (non-hydrogen) atoms. The maximum absolute atomic E-state index is 12.3. The topological polar surface area (TPSA) is 106 Å². The summed E-state index contributed by atoms with van der Waals surface area (Å²) in [6.07, 6.45) is 1.44. The molecular weight excluding hydrogens is 428 g/mol. The molecule has 0 aliphatic heterocycles. The normalized spacial score (nSPS) is 10.8. The van der Waals surface area contributed by atoms with Crippen molar-refractivity contribution in [3.05, 3.63) is 72.6 Å². The van der Waals surface area contributed by atoms with Crippen LogP contribution in [-0.2, 0) is 11.8 Å². The minimum atomic E-state index is -0.228. The van der Waals surface area contributed by atoms with E-state index >= 15 is 0 Å². The van der Waals surface area contributed by atoms with Crippen LogP contribution < -0.4 is 11.1 Å². The van der Waals surface area contributed by atoms with Gasteiger partial charge in [0.15, 0.2) is 0 Å². The Hall–Kier alpha value is -4.46. The predicted octanol–water partition coefficient (Wildman–Crippen LogP) is 4.10. The number of benzene rings is 2. The first kappa shape index (κ1) is 22.7. The zero-order valence-corrected chi connectivity index (χ0v) is 19.6. The van der Waals surface area contributed by atoms with Crippen molar-refractivity contribution in [2.75, 3.05) is 25.1 Å². The van der Waals surface area contributed by atoms with Gasteiger partial charge >= 0.3 is 0 Å². The second-order valence-corrected chi connectivity index (χ2v) is 8.33. The van der Waals surface area contributed by atoms with Gasteiger partial charge in [0.25, 0.3) is 11.8 Å². The lowest BCUT2D eigenvalue weighted by atomic mass is 9.97. The van der Waals surface area contributed by atoms with E-state index in [2.05, 4.69) is 21.9 Å². The number of fused-ring (bicyclic) bond motifs is 1. The summed E-state index contributed by atoms with van der Waals surface area (Å²) in [4.78, 5) is 34.5. The molecule has 2 amide bonds. The molecule has 4 aromatic rings. The predicted molar refractivity (Wildman–Crippen MR) is 135 cm³/mol. The third-order valence-corrected chi connectivity index (χ3v) is 5.63. The number of aryl methyl sites for hydroxylation is 1. The van der Waals surface area contributed by atoms with Gasteiger partial charge in [0.2, 0.25) is 0 Å². The van der Waals surface area contributed by atoms with Gasteiger partial charge in [-0.1, -0.05) is 30.8 Å². The van der Waals surface area contributed by atoms with Gasteiger partial charge in [-0.25, -0.2) is 9.97 Å². The highest BCUT2D eigenvalue weighted by molar-refractivity contribution is 6.08. The van der Waals surface area contributed by atoms with E-state index in [9.17, 15) is 9.59 Å². The van der Waals surface area contributed by atoms with Gasteiger partial charge in [-0.3, -0.25) is 9.59 Å². The molecule has 8 heteroatoms. The standard InChI is InChI=1S/C26H26N6O2/c1-15(2)25(33)30-19-12-10-17(11-13-19)22-20(21-23(27)28-14-29-24(21)32(22)5)16-6-8-18(9-7-16)26(34)31(3)4/h6-14H,1H2,2-5H3,(H,30,33)(H2,27,28,29). The molecule has 0 saturated heterocycles. The van der Waals surface area contributed by atoms with Crippen molar-refractivity contribution >= 4 is 34.4 Å². The Kier molecular flexibility index (Phi) is 5.89. The molecule has 172 valence electrons. The summed E-state index contributed by atoms with van der Waals surface area (Å²) in [5.41, 5.74) is 12.3. The van der Waals surface area contributed by atoms with Crippen molar-refractivity contribution in [1.29, 1.82) is 0 Å². The number of anilines is 2.